The van der Waals surface area contributed by atoms with E-state index in [1.807, 2.05) is 0 Å². The van der Waals surface area contributed by atoms with E-state index < -0.39 is 0 Å². The van der Waals surface area contributed by atoms with Gasteiger partial charge in [0.05, 0.1) is 12.2 Å². The molecule has 0 N–H and O–H groups in total. The molecule has 1 radical (unpaired) electrons. The summed E-state index contributed by atoms with van der Waals surface area (Å²) in [5, 5.41) is 0. The molecule has 0 aromatic rings. The summed E-state index contributed by atoms with van der Waals surface area (Å²) < 4.78 is 5.31. The average Bonchev–Trinajstić information content (AvgIpc) is 1.87. The Morgan fingerprint density at radius 2 is 2.29 bits per heavy atom. The van der Waals surface area contributed by atoms with Gasteiger partial charge in [0.25, 0.3) is 0 Å². The Labute approximate surface area is 44.7 Å². The fourth-order valence-corrected chi connectivity index (χ4v) is 0.861. The number of ether oxygens (including phenoxy) is 1. The molecule has 1 heteroatoms. The Bertz CT molecular complexity index is 53.2. The van der Waals surface area contributed by atoms with Crippen molar-refractivity contribution in [2.75, 3.05) is 0 Å². The van der Waals surface area contributed by atoms with Crippen LogP contribution in [0.3, 0.4) is 0 Å². The third-order valence-corrected chi connectivity index (χ3v) is 1.25. The predicted octanol–water partition coefficient (Wildman–Crippen LogP) is 1.39. The van der Waals surface area contributed by atoms with Gasteiger partial charge in [0.1, 0.15) is 0 Å². The summed E-state index contributed by atoms with van der Waals surface area (Å²) in [4.78, 5) is 0. The van der Waals surface area contributed by atoms with Crippen LogP contribution in [0.15, 0.2) is 0 Å². The molecule has 41 valence electrons. The van der Waals surface area contributed by atoms with Crippen molar-refractivity contribution in [1.82, 2.24) is 0 Å². The zero-order valence-corrected chi connectivity index (χ0v) is 4.85. The first kappa shape index (κ1) is 5.10. The fraction of sp³-hybridized carbons (Fsp3) is 0.833. The molecule has 1 rings (SSSR count). The molecule has 0 saturated carbocycles. The topological polar surface area (TPSA) is 9.23 Å². The van der Waals surface area contributed by atoms with Crippen LogP contribution in [-0.2, 0) is 4.74 Å². The third-order valence-electron chi connectivity index (χ3n) is 1.25. The molecule has 0 bridgehead atoms. The molecule has 0 aliphatic carbocycles. The summed E-state index contributed by atoms with van der Waals surface area (Å²) in [5.41, 5.74) is 0. The van der Waals surface area contributed by atoms with Crippen LogP contribution in [-0.4, -0.2) is 12.2 Å². The van der Waals surface area contributed by atoms with E-state index in [0.717, 1.165) is 6.42 Å². The monoisotopic (exact) mass is 99.1 g/mol. The fourth-order valence-electron chi connectivity index (χ4n) is 0.861. The number of hydrogen-bond acceptors (Lipinski definition) is 1. The van der Waals surface area contributed by atoms with Crippen molar-refractivity contribution in [2.45, 2.75) is 32.5 Å². The third kappa shape index (κ3) is 1.16. The standard InChI is InChI=1S/C6H11O/c1-5-3-4-6(2)7-5/h3,5-6H,4H2,1-2H3. The summed E-state index contributed by atoms with van der Waals surface area (Å²) >= 11 is 0. The van der Waals surface area contributed by atoms with Crippen molar-refractivity contribution in [3.8, 4) is 0 Å². The molecule has 0 aromatic heterocycles. The Kier molecular flexibility index (Phi) is 1.33. The number of hydrogen-bond donors (Lipinski definition) is 0. The van der Waals surface area contributed by atoms with Gasteiger partial charge in [-0.3, -0.25) is 0 Å². The zero-order chi connectivity index (χ0) is 5.28. The highest BCUT2D eigenvalue weighted by Crippen LogP contribution is 2.16. The summed E-state index contributed by atoms with van der Waals surface area (Å²) in [6.07, 6.45) is 4.19. The molecular weight excluding hydrogens is 88.1 g/mol. The van der Waals surface area contributed by atoms with Crippen LogP contribution >= 0.6 is 0 Å². The molecule has 7 heavy (non-hydrogen) atoms. The largest absolute Gasteiger partial charge is 0.375 e. The molecule has 2 unspecified atom stereocenters. The maximum atomic E-state index is 5.31. The Morgan fingerprint density at radius 3 is 2.43 bits per heavy atom. The lowest BCUT2D eigenvalue weighted by Crippen LogP contribution is -2.01. The molecule has 0 aromatic carbocycles. The normalized spacial score (nSPS) is 42.0. The van der Waals surface area contributed by atoms with Gasteiger partial charge in [-0.25, -0.2) is 0 Å². The van der Waals surface area contributed by atoms with Crippen molar-refractivity contribution in [3.05, 3.63) is 6.42 Å². The summed E-state index contributed by atoms with van der Waals surface area (Å²) in [7, 11) is 0. The van der Waals surface area contributed by atoms with Gasteiger partial charge in [-0.05, 0) is 26.7 Å². The SMILES string of the molecule is CC1[CH]CC(C)O1. The zero-order valence-electron chi connectivity index (χ0n) is 4.85. The minimum atomic E-state index is 0.398. The highest BCUT2D eigenvalue weighted by molar-refractivity contribution is 4.82. The first-order valence-corrected chi connectivity index (χ1v) is 2.78. The maximum absolute atomic E-state index is 5.31. The number of rotatable bonds is 0. The lowest BCUT2D eigenvalue weighted by molar-refractivity contribution is 0.0739. The van der Waals surface area contributed by atoms with Gasteiger partial charge in [0, 0.05) is 0 Å². The van der Waals surface area contributed by atoms with Crippen LogP contribution in [0.5, 0.6) is 0 Å². The van der Waals surface area contributed by atoms with E-state index in [9.17, 15) is 0 Å². The first-order valence-electron chi connectivity index (χ1n) is 2.78. The smallest absolute Gasteiger partial charge is 0.0583 e. The lowest BCUT2D eigenvalue weighted by Gasteiger charge is -2.01. The quantitative estimate of drug-likeness (QED) is 0.446. The minimum Gasteiger partial charge on any atom is -0.375 e. The van der Waals surface area contributed by atoms with Crippen molar-refractivity contribution in [3.63, 3.8) is 0 Å². The van der Waals surface area contributed by atoms with Crippen molar-refractivity contribution in [1.29, 1.82) is 0 Å². The molecule has 1 heterocycles. The molecule has 0 spiro atoms. The Balaban J connectivity index is 2.26. The predicted molar refractivity (Wildman–Crippen MR) is 28.9 cm³/mol. The Hall–Kier alpha value is -0.0400. The van der Waals surface area contributed by atoms with Gasteiger partial charge >= 0.3 is 0 Å². The molecule has 1 aliphatic heterocycles. The highest BCUT2D eigenvalue weighted by atomic mass is 16.5. The van der Waals surface area contributed by atoms with Gasteiger partial charge in [-0.15, -0.1) is 0 Å². The second-order valence-corrected chi connectivity index (χ2v) is 2.12. The molecule has 1 saturated heterocycles. The summed E-state index contributed by atoms with van der Waals surface area (Å²) in [6.45, 7) is 4.17. The van der Waals surface area contributed by atoms with E-state index in [1.54, 1.807) is 0 Å². The summed E-state index contributed by atoms with van der Waals surface area (Å²) in [5.74, 6) is 0. The first-order chi connectivity index (χ1) is 3.29. The van der Waals surface area contributed by atoms with Crippen LogP contribution in [0, 0.1) is 6.42 Å². The van der Waals surface area contributed by atoms with E-state index in [0.29, 0.717) is 12.2 Å². The van der Waals surface area contributed by atoms with Gasteiger partial charge in [-0.2, -0.15) is 0 Å². The van der Waals surface area contributed by atoms with Crippen molar-refractivity contribution < 1.29 is 4.74 Å². The Morgan fingerprint density at radius 1 is 1.57 bits per heavy atom. The molecule has 1 fully saturated rings. The van der Waals surface area contributed by atoms with Crippen LogP contribution in [0.4, 0.5) is 0 Å². The van der Waals surface area contributed by atoms with Crippen molar-refractivity contribution in [2.24, 2.45) is 0 Å². The van der Waals surface area contributed by atoms with Gasteiger partial charge < -0.3 is 4.74 Å². The second-order valence-electron chi connectivity index (χ2n) is 2.12. The van der Waals surface area contributed by atoms with E-state index in [2.05, 4.69) is 20.3 Å². The van der Waals surface area contributed by atoms with Crippen LogP contribution in [0.1, 0.15) is 20.3 Å². The lowest BCUT2D eigenvalue weighted by atomic mass is 10.2. The molecular formula is C6H11O. The molecule has 0 amide bonds. The minimum absolute atomic E-state index is 0.398. The van der Waals surface area contributed by atoms with Crippen LogP contribution in [0.2, 0.25) is 0 Å². The van der Waals surface area contributed by atoms with Crippen LogP contribution < -0.4 is 0 Å². The molecule has 1 nitrogen and oxygen atoms in total. The van der Waals surface area contributed by atoms with Crippen molar-refractivity contribution >= 4 is 0 Å². The van der Waals surface area contributed by atoms with Crippen LogP contribution in [0.25, 0.3) is 0 Å². The summed E-state index contributed by atoms with van der Waals surface area (Å²) in [6, 6.07) is 0. The average molecular weight is 99.2 g/mol. The van der Waals surface area contributed by atoms with E-state index in [4.69, 9.17) is 4.74 Å². The highest BCUT2D eigenvalue weighted by Gasteiger charge is 2.16. The van der Waals surface area contributed by atoms with Gasteiger partial charge in [-0.1, -0.05) is 0 Å². The van der Waals surface area contributed by atoms with E-state index in [-0.39, 0.29) is 0 Å². The van der Waals surface area contributed by atoms with Gasteiger partial charge in [0.15, 0.2) is 0 Å². The second kappa shape index (κ2) is 1.83. The molecule has 1 aliphatic rings. The maximum Gasteiger partial charge on any atom is 0.0583 e. The van der Waals surface area contributed by atoms with Gasteiger partial charge in [0.2, 0.25) is 0 Å². The molecule has 2 atom stereocenters. The van der Waals surface area contributed by atoms with E-state index in [1.165, 1.54) is 0 Å². The van der Waals surface area contributed by atoms with E-state index >= 15 is 0 Å².